The molecule has 0 amide bonds. The maximum Gasteiger partial charge on any atom is 1.00 e. The second-order valence-corrected chi connectivity index (χ2v) is 4.01. The summed E-state index contributed by atoms with van der Waals surface area (Å²) in [5, 5.41) is 4.43. The molecule has 0 radical (unpaired) electrons. The molecular weight excluding hydrogens is 253 g/mol. The quantitative estimate of drug-likeness (QED) is 0.515. The van der Waals surface area contributed by atoms with Gasteiger partial charge in [0.15, 0.2) is 0 Å². The monoisotopic (exact) mass is 271 g/mol. The van der Waals surface area contributed by atoms with Gasteiger partial charge in [0, 0.05) is 11.9 Å². The van der Waals surface area contributed by atoms with Crippen LogP contribution < -0.4 is 17.7 Å². The molecule has 1 saturated heterocycles. The number of nitrogens with one attached hydrogen (secondary N) is 1. The molecule has 0 bridgehead atoms. The van der Waals surface area contributed by atoms with Gasteiger partial charge in [0.25, 0.3) is 0 Å². The van der Waals surface area contributed by atoms with Gasteiger partial charge in [-0.05, 0) is 38.8 Å². The molecule has 1 N–H and O–H groups in total. The van der Waals surface area contributed by atoms with Crippen molar-refractivity contribution in [2.24, 2.45) is 0 Å². The second-order valence-electron chi connectivity index (χ2n) is 3.22. The number of alkyl halides is 1. The highest BCUT2D eigenvalue weighted by Crippen LogP contribution is 2.08. The minimum atomic E-state index is 0. The molecule has 0 atom stereocenters. The van der Waals surface area contributed by atoms with Gasteiger partial charge in [-0.1, -0.05) is 15.9 Å². The van der Waals surface area contributed by atoms with E-state index in [0.717, 1.165) is 25.0 Å². The Bertz CT molecular complexity index is 115. The predicted octanol–water partition coefficient (Wildman–Crippen LogP) is -0.953. The molecule has 4 heteroatoms. The molecular formula is C9H19BrClNO. The molecule has 0 aromatic rings. The molecule has 1 aliphatic rings. The fourth-order valence-electron chi connectivity index (χ4n) is 1.41. The minimum Gasteiger partial charge on any atom is -1.00 e. The van der Waals surface area contributed by atoms with Crippen LogP contribution in [0.1, 0.15) is 27.1 Å². The third kappa shape index (κ3) is 6.72. The van der Waals surface area contributed by atoms with E-state index in [4.69, 9.17) is 4.74 Å². The molecule has 0 aromatic carbocycles. The summed E-state index contributed by atoms with van der Waals surface area (Å²) in [6, 6.07) is 0. The Balaban J connectivity index is 0. The van der Waals surface area contributed by atoms with Crippen molar-refractivity contribution >= 4 is 15.9 Å². The summed E-state index contributed by atoms with van der Waals surface area (Å²) in [7, 11) is 0. The van der Waals surface area contributed by atoms with E-state index >= 15 is 0 Å². The SMILES string of the molecule is BrCCCCOC1CCNCC1.[Cl-].[H+]. The lowest BCUT2D eigenvalue weighted by molar-refractivity contribution is -0.00000733. The van der Waals surface area contributed by atoms with Gasteiger partial charge in [-0.25, -0.2) is 0 Å². The summed E-state index contributed by atoms with van der Waals surface area (Å²) < 4.78 is 5.72. The van der Waals surface area contributed by atoms with E-state index in [0.29, 0.717) is 6.10 Å². The molecule has 1 rings (SSSR count). The summed E-state index contributed by atoms with van der Waals surface area (Å²) in [5.74, 6) is 0. The van der Waals surface area contributed by atoms with E-state index in [9.17, 15) is 0 Å². The lowest BCUT2D eigenvalue weighted by Gasteiger charge is -2.22. The number of hydrogen-bond acceptors (Lipinski definition) is 2. The van der Waals surface area contributed by atoms with Gasteiger partial charge in [0.2, 0.25) is 0 Å². The van der Waals surface area contributed by atoms with Crippen LogP contribution in [-0.4, -0.2) is 31.1 Å². The minimum absolute atomic E-state index is 0. The lowest BCUT2D eigenvalue weighted by atomic mass is 10.1. The molecule has 0 aromatic heterocycles. The maximum atomic E-state index is 5.72. The first-order chi connectivity index (χ1) is 5.93. The standard InChI is InChI=1S/C9H18BrNO.ClH/c10-5-1-2-8-12-9-3-6-11-7-4-9;/h9,11H,1-8H2;1H. The van der Waals surface area contributed by atoms with Crippen molar-refractivity contribution in [2.75, 3.05) is 25.0 Å². The summed E-state index contributed by atoms with van der Waals surface area (Å²) in [5.41, 5.74) is 0. The van der Waals surface area contributed by atoms with Crippen LogP contribution in [0.3, 0.4) is 0 Å². The zero-order valence-corrected chi connectivity index (χ0v) is 10.2. The first-order valence-electron chi connectivity index (χ1n) is 4.82. The fraction of sp³-hybridized carbons (Fsp3) is 1.00. The zero-order valence-electron chi connectivity index (χ0n) is 8.90. The van der Waals surface area contributed by atoms with Crippen molar-refractivity contribution in [3.05, 3.63) is 0 Å². The normalized spacial score (nSPS) is 18.2. The Morgan fingerprint density at radius 2 is 2.00 bits per heavy atom. The van der Waals surface area contributed by atoms with E-state index in [-0.39, 0.29) is 13.8 Å². The van der Waals surface area contributed by atoms with E-state index in [1.165, 1.54) is 25.7 Å². The highest BCUT2D eigenvalue weighted by atomic mass is 79.9. The topological polar surface area (TPSA) is 21.3 Å². The fourth-order valence-corrected chi connectivity index (χ4v) is 1.81. The van der Waals surface area contributed by atoms with Crippen LogP contribution in [0.15, 0.2) is 0 Å². The Hall–Kier alpha value is 0.690. The number of hydrogen-bond donors (Lipinski definition) is 1. The summed E-state index contributed by atoms with van der Waals surface area (Å²) >= 11 is 3.41. The van der Waals surface area contributed by atoms with Crippen LogP contribution in [0.25, 0.3) is 0 Å². The summed E-state index contributed by atoms with van der Waals surface area (Å²) in [4.78, 5) is 0. The van der Waals surface area contributed by atoms with Crippen LogP contribution in [0, 0.1) is 0 Å². The van der Waals surface area contributed by atoms with Crippen LogP contribution in [0.2, 0.25) is 0 Å². The predicted molar refractivity (Wildman–Crippen MR) is 56.0 cm³/mol. The van der Waals surface area contributed by atoms with Gasteiger partial charge < -0.3 is 22.5 Å². The molecule has 2 nitrogen and oxygen atoms in total. The smallest absolute Gasteiger partial charge is 1.00 e. The van der Waals surface area contributed by atoms with Crippen molar-refractivity contribution in [3.63, 3.8) is 0 Å². The van der Waals surface area contributed by atoms with Gasteiger partial charge in [0.1, 0.15) is 0 Å². The van der Waals surface area contributed by atoms with Gasteiger partial charge >= 0.3 is 1.43 Å². The van der Waals surface area contributed by atoms with Crippen LogP contribution in [0.4, 0.5) is 0 Å². The molecule has 0 aliphatic carbocycles. The van der Waals surface area contributed by atoms with Crippen molar-refractivity contribution in [2.45, 2.75) is 31.8 Å². The number of unbranched alkanes of at least 4 members (excludes halogenated alkanes) is 1. The Morgan fingerprint density at radius 3 is 2.62 bits per heavy atom. The number of rotatable bonds is 5. The third-order valence-corrected chi connectivity index (χ3v) is 2.73. The van der Waals surface area contributed by atoms with E-state index < -0.39 is 0 Å². The molecule has 1 aliphatic heterocycles. The Labute approximate surface area is 96.8 Å². The zero-order chi connectivity index (χ0) is 8.65. The van der Waals surface area contributed by atoms with E-state index in [1.54, 1.807) is 0 Å². The molecule has 1 fully saturated rings. The second kappa shape index (κ2) is 9.25. The van der Waals surface area contributed by atoms with Crippen LogP contribution >= 0.6 is 15.9 Å². The van der Waals surface area contributed by atoms with Crippen molar-refractivity contribution in [1.29, 1.82) is 0 Å². The molecule has 0 saturated carbocycles. The summed E-state index contributed by atoms with van der Waals surface area (Å²) in [6.45, 7) is 3.20. The number of ether oxygens (including phenoxy) is 1. The molecule has 0 spiro atoms. The van der Waals surface area contributed by atoms with Gasteiger partial charge in [0.05, 0.1) is 6.10 Å². The Morgan fingerprint density at radius 1 is 1.31 bits per heavy atom. The number of halogens is 2. The van der Waals surface area contributed by atoms with Crippen molar-refractivity contribution in [1.82, 2.24) is 5.32 Å². The highest BCUT2D eigenvalue weighted by molar-refractivity contribution is 9.09. The Kier molecular flexibility index (Phi) is 9.74. The number of piperidine rings is 1. The largest absolute Gasteiger partial charge is 1.00 e. The van der Waals surface area contributed by atoms with Gasteiger partial charge in [-0.15, -0.1) is 0 Å². The van der Waals surface area contributed by atoms with Crippen LogP contribution in [0.5, 0.6) is 0 Å². The maximum absolute atomic E-state index is 5.72. The molecule has 1 heterocycles. The average Bonchev–Trinajstić information content (AvgIpc) is 2.14. The summed E-state index contributed by atoms with van der Waals surface area (Å²) in [6.07, 6.45) is 5.32. The van der Waals surface area contributed by atoms with Gasteiger partial charge in [-0.2, -0.15) is 0 Å². The first-order valence-corrected chi connectivity index (χ1v) is 5.94. The lowest BCUT2D eigenvalue weighted by Crippen LogP contribution is -3.00. The van der Waals surface area contributed by atoms with E-state index in [2.05, 4.69) is 21.2 Å². The van der Waals surface area contributed by atoms with E-state index in [1.807, 2.05) is 0 Å². The molecule has 0 unspecified atom stereocenters. The van der Waals surface area contributed by atoms with Crippen molar-refractivity contribution < 1.29 is 18.6 Å². The van der Waals surface area contributed by atoms with Crippen molar-refractivity contribution in [3.8, 4) is 0 Å². The molecule has 13 heavy (non-hydrogen) atoms. The highest BCUT2D eigenvalue weighted by Gasteiger charge is 2.12. The third-order valence-electron chi connectivity index (χ3n) is 2.17. The first kappa shape index (κ1) is 13.7. The van der Waals surface area contributed by atoms with Crippen LogP contribution in [-0.2, 0) is 4.74 Å². The van der Waals surface area contributed by atoms with Gasteiger partial charge in [-0.3, -0.25) is 0 Å². The average molecular weight is 273 g/mol. The molecule has 80 valence electrons.